The Morgan fingerprint density at radius 1 is 0.479 bits per heavy atom. The Hall–Kier alpha value is -6.25. The minimum absolute atomic E-state index is 0.721. The molecule has 0 spiro atoms. The first-order chi connectivity index (χ1) is 23.7. The summed E-state index contributed by atoms with van der Waals surface area (Å²) in [5, 5.41) is 7.69. The van der Waals surface area contributed by atoms with Gasteiger partial charge in [-0.3, -0.25) is 4.98 Å². The molecule has 0 atom stereocenters. The number of allylic oxidation sites excluding steroid dienone is 3. The van der Waals surface area contributed by atoms with Crippen LogP contribution < -0.4 is 5.73 Å². The standard InChI is InChI=1S/C46H34N2/c1-2-3-21-46(47)37-27-35(26-36(28-37)34-14-11-24-48-30-34)31-12-10-13-32(25-31)38-15-4-5-16-39(38)33-22-23-44-42-19-7-6-17-40(42)41-18-8-9-20-43(41)45(44)29-33/h2-30H,47H2,1H3/b3-2-,46-21-. The molecule has 0 saturated carbocycles. The van der Waals surface area contributed by atoms with Crippen molar-refractivity contribution in [2.45, 2.75) is 6.92 Å². The van der Waals surface area contributed by atoms with Crippen molar-refractivity contribution in [2.75, 3.05) is 0 Å². The SMILES string of the molecule is C/C=C\C=C(/N)c1cc(-c2cccnc2)cc(-c2cccc(-c3ccccc3-c3ccc4c5ccccc5c5ccccc5c4c3)c2)c1. The van der Waals surface area contributed by atoms with Crippen LogP contribution in [0.25, 0.3) is 82.5 Å². The van der Waals surface area contributed by atoms with Crippen molar-refractivity contribution in [3.05, 3.63) is 182 Å². The molecule has 8 aromatic rings. The summed E-state index contributed by atoms with van der Waals surface area (Å²) in [5.41, 5.74) is 17.4. The van der Waals surface area contributed by atoms with Gasteiger partial charge < -0.3 is 5.73 Å². The molecule has 1 aromatic heterocycles. The Labute approximate surface area is 281 Å². The Morgan fingerprint density at radius 2 is 1.02 bits per heavy atom. The molecule has 2 nitrogen and oxygen atoms in total. The lowest BCUT2D eigenvalue weighted by Crippen LogP contribution is -1.97. The second-order valence-corrected chi connectivity index (χ2v) is 12.2. The summed E-state index contributed by atoms with van der Waals surface area (Å²) in [6.45, 7) is 1.99. The molecule has 1 heterocycles. The first-order valence-corrected chi connectivity index (χ1v) is 16.4. The molecule has 0 aliphatic heterocycles. The van der Waals surface area contributed by atoms with Gasteiger partial charge in [0.25, 0.3) is 0 Å². The molecule has 0 radical (unpaired) electrons. The minimum Gasteiger partial charge on any atom is -0.398 e. The number of aromatic nitrogens is 1. The molecule has 0 bridgehead atoms. The van der Waals surface area contributed by atoms with Gasteiger partial charge in [0, 0.05) is 23.7 Å². The van der Waals surface area contributed by atoms with Crippen molar-refractivity contribution in [3.8, 4) is 44.5 Å². The van der Waals surface area contributed by atoms with Gasteiger partial charge in [0.05, 0.1) is 0 Å². The number of rotatable bonds is 6. The van der Waals surface area contributed by atoms with Gasteiger partial charge in [-0.1, -0.05) is 121 Å². The van der Waals surface area contributed by atoms with Gasteiger partial charge >= 0.3 is 0 Å². The van der Waals surface area contributed by atoms with Crippen LogP contribution in [-0.4, -0.2) is 4.98 Å². The van der Waals surface area contributed by atoms with Gasteiger partial charge in [0.2, 0.25) is 0 Å². The number of fused-ring (bicyclic) bond motifs is 6. The van der Waals surface area contributed by atoms with E-state index in [4.69, 9.17) is 5.73 Å². The van der Waals surface area contributed by atoms with Crippen molar-refractivity contribution in [3.63, 3.8) is 0 Å². The summed E-state index contributed by atoms with van der Waals surface area (Å²) in [6.07, 6.45) is 9.61. The summed E-state index contributed by atoms with van der Waals surface area (Å²) in [6, 6.07) is 52.6. The third kappa shape index (κ3) is 5.34. The fourth-order valence-corrected chi connectivity index (χ4v) is 6.89. The number of benzene rings is 7. The lowest BCUT2D eigenvalue weighted by Gasteiger charge is -2.15. The fraction of sp³-hybridized carbons (Fsp3) is 0.0217. The van der Waals surface area contributed by atoms with E-state index in [0.717, 1.165) is 39.1 Å². The summed E-state index contributed by atoms with van der Waals surface area (Å²) in [7, 11) is 0. The molecular weight excluding hydrogens is 581 g/mol. The Balaban J connectivity index is 1.27. The van der Waals surface area contributed by atoms with Gasteiger partial charge in [-0.25, -0.2) is 0 Å². The Bertz CT molecular complexity index is 2490. The Morgan fingerprint density at radius 3 is 1.67 bits per heavy atom. The van der Waals surface area contributed by atoms with E-state index >= 15 is 0 Å². The highest BCUT2D eigenvalue weighted by Gasteiger charge is 2.14. The smallest absolute Gasteiger partial charge is 0.0387 e. The van der Waals surface area contributed by atoms with Crippen LogP contribution in [0.1, 0.15) is 12.5 Å². The van der Waals surface area contributed by atoms with E-state index in [-0.39, 0.29) is 0 Å². The van der Waals surface area contributed by atoms with E-state index in [1.807, 2.05) is 37.4 Å². The average Bonchev–Trinajstić information content (AvgIpc) is 3.17. The maximum atomic E-state index is 6.58. The van der Waals surface area contributed by atoms with Crippen molar-refractivity contribution < 1.29 is 0 Å². The topological polar surface area (TPSA) is 38.9 Å². The molecule has 7 aromatic carbocycles. The predicted octanol–water partition coefficient (Wildman–Crippen LogP) is 12.1. The zero-order chi connectivity index (χ0) is 32.5. The third-order valence-corrected chi connectivity index (χ3v) is 9.22. The van der Waals surface area contributed by atoms with Gasteiger partial charge in [-0.2, -0.15) is 0 Å². The van der Waals surface area contributed by atoms with Crippen LogP contribution >= 0.6 is 0 Å². The predicted molar refractivity (Wildman–Crippen MR) is 205 cm³/mol. The zero-order valence-electron chi connectivity index (χ0n) is 26.8. The lowest BCUT2D eigenvalue weighted by atomic mass is 9.89. The molecule has 2 heteroatoms. The fourth-order valence-electron chi connectivity index (χ4n) is 6.89. The highest BCUT2D eigenvalue weighted by Crippen LogP contribution is 2.40. The molecular formula is C46H34N2. The number of nitrogens with zero attached hydrogens (tertiary/aromatic N) is 1. The summed E-state index contributed by atoms with van der Waals surface area (Å²) in [5.74, 6) is 0. The van der Waals surface area contributed by atoms with E-state index < -0.39 is 0 Å². The van der Waals surface area contributed by atoms with E-state index in [9.17, 15) is 0 Å². The first kappa shape index (κ1) is 29.2. The van der Waals surface area contributed by atoms with E-state index in [1.165, 1.54) is 49.0 Å². The molecule has 8 rings (SSSR count). The van der Waals surface area contributed by atoms with E-state index in [2.05, 4.69) is 145 Å². The van der Waals surface area contributed by atoms with Crippen molar-refractivity contribution >= 4 is 38.0 Å². The highest BCUT2D eigenvalue weighted by atomic mass is 14.6. The minimum atomic E-state index is 0.721. The molecule has 0 fully saturated rings. The lowest BCUT2D eigenvalue weighted by molar-refractivity contribution is 1.33. The van der Waals surface area contributed by atoms with Gasteiger partial charge in [-0.15, -0.1) is 0 Å². The van der Waals surface area contributed by atoms with Crippen LogP contribution in [0.4, 0.5) is 0 Å². The van der Waals surface area contributed by atoms with Crippen LogP contribution in [0.2, 0.25) is 0 Å². The summed E-state index contributed by atoms with van der Waals surface area (Å²) >= 11 is 0. The number of hydrogen-bond donors (Lipinski definition) is 1. The van der Waals surface area contributed by atoms with Gasteiger partial charge in [0.1, 0.15) is 0 Å². The second kappa shape index (κ2) is 12.5. The molecule has 0 saturated heterocycles. The monoisotopic (exact) mass is 614 g/mol. The van der Waals surface area contributed by atoms with Crippen LogP contribution in [0.3, 0.4) is 0 Å². The van der Waals surface area contributed by atoms with Crippen LogP contribution in [0, 0.1) is 0 Å². The van der Waals surface area contributed by atoms with Gasteiger partial charge in [-0.05, 0) is 126 Å². The van der Waals surface area contributed by atoms with Crippen LogP contribution in [0.15, 0.2) is 176 Å². The van der Waals surface area contributed by atoms with Crippen LogP contribution in [0.5, 0.6) is 0 Å². The first-order valence-electron chi connectivity index (χ1n) is 16.4. The molecule has 0 amide bonds. The second-order valence-electron chi connectivity index (χ2n) is 12.2. The number of hydrogen-bond acceptors (Lipinski definition) is 2. The molecule has 2 N–H and O–H groups in total. The Kier molecular flexibility index (Phi) is 7.60. The quantitative estimate of drug-likeness (QED) is 0.149. The zero-order valence-corrected chi connectivity index (χ0v) is 26.8. The maximum Gasteiger partial charge on any atom is 0.0387 e. The molecule has 228 valence electrons. The van der Waals surface area contributed by atoms with Gasteiger partial charge in [0.15, 0.2) is 0 Å². The molecule has 0 aliphatic carbocycles. The van der Waals surface area contributed by atoms with Crippen molar-refractivity contribution in [1.29, 1.82) is 0 Å². The maximum absolute atomic E-state index is 6.58. The normalized spacial score (nSPS) is 12.0. The molecule has 0 aliphatic rings. The number of nitrogens with two attached hydrogens (primary N) is 1. The van der Waals surface area contributed by atoms with Crippen LogP contribution in [-0.2, 0) is 0 Å². The highest BCUT2D eigenvalue weighted by molar-refractivity contribution is 6.25. The summed E-state index contributed by atoms with van der Waals surface area (Å²) < 4.78 is 0. The van der Waals surface area contributed by atoms with Crippen molar-refractivity contribution in [1.82, 2.24) is 4.98 Å². The molecule has 48 heavy (non-hydrogen) atoms. The average molecular weight is 615 g/mol. The number of pyridine rings is 1. The van der Waals surface area contributed by atoms with Crippen molar-refractivity contribution in [2.24, 2.45) is 5.73 Å². The largest absolute Gasteiger partial charge is 0.398 e. The van der Waals surface area contributed by atoms with E-state index in [0.29, 0.717) is 0 Å². The van der Waals surface area contributed by atoms with E-state index in [1.54, 1.807) is 6.20 Å². The summed E-state index contributed by atoms with van der Waals surface area (Å²) in [4.78, 5) is 4.37. The third-order valence-electron chi connectivity index (χ3n) is 9.22. The molecule has 0 unspecified atom stereocenters.